The largest absolute Gasteiger partial charge is 0.497 e. The Labute approximate surface area is 190 Å². The molecule has 3 saturated heterocycles. The van der Waals surface area contributed by atoms with Crippen molar-refractivity contribution in [1.82, 2.24) is 4.90 Å². The number of benzene rings is 1. The Balaban J connectivity index is 1.37. The second-order valence-corrected chi connectivity index (χ2v) is 9.20. The molecule has 4 aliphatic rings. The van der Waals surface area contributed by atoms with Crippen molar-refractivity contribution >= 4 is 23.3 Å². The molecule has 1 spiro atoms. The first kappa shape index (κ1) is 20.2. The van der Waals surface area contributed by atoms with Crippen LogP contribution in [0.5, 0.6) is 5.75 Å². The fourth-order valence-electron chi connectivity index (χ4n) is 6.19. The molecule has 6 rings (SSSR count). The summed E-state index contributed by atoms with van der Waals surface area (Å²) in [5, 5.41) is 2.92. The number of fused-ring (bicyclic) bond motifs is 2. The first-order chi connectivity index (χ1) is 15.9. The summed E-state index contributed by atoms with van der Waals surface area (Å²) in [5.74, 6) is -1.01. The van der Waals surface area contributed by atoms with Gasteiger partial charge in [-0.25, -0.2) is 0 Å². The SMILES string of the molecule is COc1cccc(NC(=O)[C@@H]2C3C=C[C@@]4(O3)C3C(C)C(=O)CC(c5ccco5)N3C(=O)[C@H]24)c1. The summed E-state index contributed by atoms with van der Waals surface area (Å²) < 4.78 is 17.2. The molecule has 0 saturated carbocycles. The van der Waals surface area contributed by atoms with Gasteiger partial charge in [-0.2, -0.15) is 0 Å². The minimum Gasteiger partial charge on any atom is -0.497 e. The van der Waals surface area contributed by atoms with E-state index in [0.717, 1.165) is 0 Å². The van der Waals surface area contributed by atoms with Crippen LogP contribution in [0.25, 0.3) is 0 Å². The Morgan fingerprint density at radius 1 is 1.24 bits per heavy atom. The lowest BCUT2D eigenvalue weighted by atomic mass is 9.70. The van der Waals surface area contributed by atoms with Crippen LogP contribution in [-0.2, 0) is 19.1 Å². The maximum atomic E-state index is 13.9. The zero-order valence-electron chi connectivity index (χ0n) is 18.3. The fraction of sp³-hybridized carbons (Fsp3) is 0.400. The monoisotopic (exact) mass is 448 g/mol. The second kappa shape index (κ2) is 7.05. The van der Waals surface area contributed by atoms with E-state index in [1.807, 2.05) is 19.1 Å². The number of nitrogens with zero attached hydrogens (tertiary/aromatic N) is 1. The van der Waals surface area contributed by atoms with Gasteiger partial charge in [0.2, 0.25) is 11.8 Å². The summed E-state index contributed by atoms with van der Waals surface area (Å²) in [7, 11) is 1.56. The number of ketones is 1. The number of nitrogens with one attached hydrogen (secondary N) is 1. The number of Topliss-reactive ketones (excluding diaryl/α,β-unsaturated/α-hetero) is 1. The van der Waals surface area contributed by atoms with Crippen LogP contribution in [0.4, 0.5) is 5.69 Å². The van der Waals surface area contributed by atoms with E-state index in [-0.39, 0.29) is 24.0 Å². The van der Waals surface area contributed by atoms with Gasteiger partial charge in [0.05, 0.1) is 43.4 Å². The fourth-order valence-corrected chi connectivity index (χ4v) is 6.19. The maximum absolute atomic E-state index is 13.9. The lowest BCUT2D eigenvalue weighted by Gasteiger charge is -2.43. The lowest BCUT2D eigenvalue weighted by molar-refractivity contribution is -0.147. The van der Waals surface area contributed by atoms with E-state index in [1.54, 1.807) is 54.7 Å². The minimum absolute atomic E-state index is 0.0604. The molecule has 5 heterocycles. The number of ether oxygens (including phenoxy) is 2. The number of anilines is 1. The zero-order valence-corrected chi connectivity index (χ0v) is 18.3. The number of carbonyl (C=O) groups is 3. The number of carbonyl (C=O) groups excluding carboxylic acids is 3. The molecular weight excluding hydrogens is 424 g/mol. The normalized spacial score (nSPS) is 36.1. The van der Waals surface area contributed by atoms with Crippen molar-refractivity contribution in [3.05, 3.63) is 60.6 Å². The Morgan fingerprint density at radius 2 is 2.09 bits per heavy atom. The number of hydrogen-bond acceptors (Lipinski definition) is 6. The molecule has 8 heteroatoms. The Kier molecular flexibility index (Phi) is 4.32. The van der Waals surface area contributed by atoms with Crippen molar-refractivity contribution in [1.29, 1.82) is 0 Å². The van der Waals surface area contributed by atoms with Crippen LogP contribution < -0.4 is 10.1 Å². The van der Waals surface area contributed by atoms with Crippen molar-refractivity contribution in [2.24, 2.45) is 17.8 Å². The summed E-state index contributed by atoms with van der Waals surface area (Å²) in [6.45, 7) is 1.84. The van der Waals surface area contributed by atoms with E-state index in [0.29, 0.717) is 17.2 Å². The molecule has 170 valence electrons. The molecule has 4 unspecified atom stereocenters. The van der Waals surface area contributed by atoms with E-state index in [4.69, 9.17) is 13.9 Å². The Morgan fingerprint density at radius 3 is 2.85 bits per heavy atom. The van der Waals surface area contributed by atoms with Crippen LogP contribution in [0.2, 0.25) is 0 Å². The molecular formula is C25H24N2O6. The quantitative estimate of drug-likeness (QED) is 0.723. The number of furan rings is 1. The van der Waals surface area contributed by atoms with Crippen molar-refractivity contribution in [2.45, 2.75) is 37.1 Å². The van der Waals surface area contributed by atoms with Gasteiger partial charge in [-0.3, -0.25) is 14.4 Å². The molecule has 0 aliphatic carbocycles. The van der Waals surface area contributed by atoms with Crippen LogP contribution in [0, 0.1) is 17.8 Å². The van der Waals surface area contributed by atoms with Crippen molar-refractivity contribution in [3.8, 4) is 5.75 Å². The molecule has 0 radical (unpaired) electrons. The van der Waals surface area contributed by atoms with Gasteiger partial charge >= 0.3 is 0 Å². The Bertz CT molecular complexity index is 1170. The van der Waals surface area contributed by atoms with E-state index in [9.17, 15) is 14.4 Å². The number of rotatable bonds is 4. The first-order valence-electron chi connectivity index (χ1n) is 11.1. The molecule has 33 heavy (non-hydrogen) atoms. The molecule has 1 aromatic carbocycles. The molecule has 1 aromatic heterocycles. The van der Waals surface area contributed by atoms with Crippen LogP contribution >= 0.6 is 0 Å². The molecule has 8 nitrogen and oxygen atoms in total. The maximum Gasteiger partial charge on any atom is 0.231 e. The van der Waals surface area contributed by atoms with Gasteiger partial charge in [0.15, 0.2) is 0 Å². The number of hydrogen-bond donors (Lipinski definition) is 1. The van der Waals surface area contributed by atoms with E-state index in [2.05, 4.69) is 5.32 Å². The van der Waals surface area contributed by atoms with Gasteiger partial charge in [-0.05, 0) is 24.3 Å². The van der Waals surface area contributed by atoms with Crippen LogP contribution in [0.1, 0.15) is 25.1 Å². The predicted molar refractivity (Wildman–Crippen MR) is 116 cm³/mol. The van der Waals surface area contributed by atoms with Crippen LogP contribution in [0.3, 0.4) is 0 Å². The zero-order chi connectivity index (χ0) is 22.9. The summed E-state index contributed by atoms with van der Waals surface area (Å²) in [5.41, 5.74) is -0.418. The van der Waals surface area contributed by atoms with Gasteiger partial charge in [0.25, 0.3) is 0 Å². The average molecular weight is 448 g/mol. The van der Waals surface area contributed by atoms with Gasteiger partial charge in [0.1, 0.15) is 22.9 Å². The molecule has 1 N–H and O–H groups in total. The van der Waals surface area contributed by atoms with Gasteiger partial charge in [-0.15, -0.1) is 0 Å². The highest BCUT2D eigenvalue weighted by atomic mass is 16.5. The van der Waals surface area contributed by atoms with E-state index >= 15 is 0 Å². The van der Waals surface area contributed by atoms with Gasteiger partial charge < -0.3 is 24.1 Å². The third-order valence-corrected chi connectivity index (χ3v) is 7.59. The Hall–Kier alpha value is -3.39. The minimum atomic E-state index is -1.00. The topological polar surface area (TPSA) is 98.1 Å². The first-order valence-corrected chi connectivity index (χ1v) is 11.1. The van der Waals surface area contributed by atoms with Gasteiger partial charge in [0, 0.05) is 24.1 Å². The third-order valence-electron chi connectivity index (χ3n) is 7.59. The predicted octanol–water partition coefficient (Wildman–Crippen LogP) is 2.73. The summed E-state index contributed by atoms with van der Waals surface area (Å²) >= 11 is 0. The molecule has 7 atom stereocenters. The van der Waals surface area contributed by atoms with Crippen molar-refractivity contribution in [3.63, 3.8) is 0 Å². The number of methoxy groups -OCH3 is 1. The smallest absolute Gasteiger partial charge is 0.231 e. The molecule has 2 aromatic rings. The summed E-state index contributed by atoms with van der Waals surface area (Å²) in [6.07, 6.45) is 4.97. The number of amides is 2. The lowest BCUT2D eigenvalue weighted by Crippen LogP contribution is -2.55. The van der Waals surface area contributed by atoms with Crippen molar-refractivity contribution in [2.75, 3.05) is 12.4 Å². The van der Waals surface area contributed by atoms with E-state index < -0.39 is 41.5 Å². The third kappa shape index (κ3) is 2.70. The molecule has 3 fully saturated rings. The van der Waals surface area contributed by atoms with E-state index in [1.165, 1.54) is 0 Å². The highest BCUT2D eigenvalue weighted by Gasteiger charge is 2.74. The summed E-state index contributed by atoms with van der Waals surface area (Å²) in [6, 6.07) is 9.62. The highest BCUT2D eigenvalue weighted by Crippen LogP contribution is 2.60. The number of piperidine rings is 1. The molecule has 2 bridgehead atoms. The van der Waals surface area contributed by atoms with Gasteiger partial charge in [-0.1, -0.05) is 25.1 Å². The van der Waals surface area contributed by atoms with Crippen molar-refractivity contribution < 1.29 is 28.3 Å². The molecule has 2 amide bonds. The highest BCUT2D eigenvalue weighted by molar-refractivity contribution is 6.00. The van der Waals surface area contributed by atoms with Crippen LogP contribution in [-0.4, -0.2) is 47.4 Å². The molecule has 4 aliphatic heterocycles. The standard InChI is InChI=1S/C25H24N2O6/c1-13-17(28)12-16(18-7-4-10-32-18)27-22(13)25-9-8-19(33-25)20(21(25)24(27)30)23(29)26-14-5-3-6-15(11-14)31-2/h3-11,13,16,19-22H,12H2,1-2H3,(H,26,29)/t13?,16?,19?,20-,21+,22?,25+/m1/s1. The summed E-state index contributed by atoms with van der Waals surface area (Å²) in [4.78, 5) is 42.0. The average Bonchev–Trinajstić information content (AvgIpc) is 3.58. The second-order valence-electron chi connectivity index (χ2n) is 9.20. The van der Waals surface area contributed by atoms with Crippen LogP contribution in [0.15, 0.2) is 59.2 Å².